The Hall–Kier alpha value is -1.89. The summed E-state index contributed by atoms with van der Waals surface area (Å²) in [5.41, 5.74) is 0.326. The Kier molecular flexibility index (Phi) is 4.14. The van der Waals surface area contributed by atoms with E-state index in [0.717, 1.165) is 6.42 Å². The number of likely N-dealkylation sites (tertiary alicyclic amines) is 1. The molecule has 2 aliphatic rings. The maximum absolute atomic E-state index is 12.7. The lowest BCUT2D eigenvalue weighted by atomic mass is 9.88. The third-order valence-corrected chi connectivity index (χ3v) is 4.71. The van der Waals surface area contributed by atoms with Crippen LogP contribution < -0.4 is 0 Å². The number of hydrogen-bond acceptors (Lipinski definition) is 4. The van der Waals surface area contributed by atoms with Gasteiger partial charge in [0.2, 0.25) is 5.91 Å². The van der Waals surface area contributed by atoms with Gasteiger partial charge in [0.15, 0.2) is 0 Å². The van der Waals surface area contributed by atoms with Crippen LogP contribution in [-0.2, 0) is 9.53 Å². The van der Waals surface area contributed by atoms with Crippen LogP contribution in [0, 0.1) is 5.41 Å². The van der Waals surface area contributed by atoms with E-state index in [1.165, 1.54) is 0 Å². The molecule has 0 bridgehead atoms. The van der Waals surface area contributed by atoms with Crippen LogP contribution in [0.3, 0.4) is 0 Å². The Morgan fingerprint density at radius 1 is 1.39 bits per heavy atom. The van der Waals surface area contributed by atoms with Gasteiger partial charge < -0.3 is 14.5 Å². The molecule has 0 radical (unpaired) electrons. The van der Waals surface area contributed by atoms with Crippen molar-refractivity contribution in [3.05, 3.63) is 18.0 Å². The molecule has 1 spiro atoms. The monoisotopic (exact) mass is 320 g/mol. The molecule has 3 rings (SSSR count). The topological polar surface area (TPSA) is 67.7 Å². The van der Waals surface area contributed by atoms with Crippen LogP contribution in [0.15, 0.2) is 12.3 Å². The molecule has 2 saturated heterocycles. The Morgan fingerprint density at radius 3 is 2.87 bits per heavy atom. The van der Waals surface area contributed by atoms with Gasteiger partial charge in [-0.15, -0.1) is 0 Å². The number of amides is 2. The van der Waals surface area contributed by atoms with Gasteiger partial charge in [-0.2, -0.15) is 5.10 Å². The number of aromatic nitrogens is 2. The van der Waals surface area contributed by atoms with Crippen molar-refractivity contribution in [2.24, 2.45) is 5.41 Å². The van der Waals surface area contributed by atoms with Crippen molar-refractivity contribution < 1.29 is 14.3 Å². The maximum Gasteiger partial charge on any atom is 0.274 e. The first-order chi connectivity index (χ1) is 10.9. The summed E-state index contributed by atoms with van der Waals surface area (Å²) in [5.74, 6) is -0.0400. The molecule has 7 heteroatoms. The van der Waals surface area contributed by atoms with Crippen LogP contribution >= 0.6 is 0 Å². The van der Waals surface area contributed by atoms with Gasteiger partial charge in [-0.05, 0) is 26.3 Å². The van der Waals surface area contributed by atoms with E-state index >= 15 is 0 Å². The van der Waals surface area contributed by atoms with Crippen LogP contribution in [0.1, 0.15) is 36.8 Å². The van der Waals surface area contributed by atoms with Gasteiger partial charge in [-0.25, -0.2) is 0 Å². The summed E-state index contributed by atoms with van der Waals surface area (Å²) in [5, 5.41) is 4.36. The first kappa shape index (κ1) is 16.0. The molecule has 2 fully saturated rings. The van der Waals surface area contributed by atoms with Gasteiger partial charge in [0.1, 0.15) is 12.3 Å². The van der Waals surface area contributed by atoms with E-state index in [0.29, 0.717) is 31.9 Å². The lowest BCUT2D eigenvalue weighted by Gasteiger charge is -2.29. The Labute approximate surface area is 136 Å². The third-order valence-electron chi connectivity index (χ3n) is 4.71. The molecule has 1 atom stereocenters. The molecule has 23 heavy (non-hydrogen) atoms. The normalized spacial score (nSPS) is 25.5. The van der Waals surface area contributed by atoms with Crippen molar-refractivity contribution >= 4 is 11.8 Å². The standard InChI is InChI=1S/C16H24N4O3/c1-12(2)20-6-4-13(17-20)15(22)19-7-5-16(10-19)9-18(3)14(21)8-23-11-16/h4,6,12H,5,7-11H2,1-3H3. The van der Waals surface area contributed by atoms with Gasteiger partial charge >= 0.3 is 0 Å². The molecule has 0 saturated carbocycles. The van der Waals surface area contributed by atoms with Crippen molar-refractivity contribution in [2.45, 2.75) is 26.3 Å². The predicted octanol–water partition coefficient (Wildman–Crippen LogP) is 0.785. The number of rotatable bonds is 2. The zero-order valence-electron chi connectivity index (χ0n) is 14.0. The van der Waals surface area contributed by atoms with E-state index in [4.69, 9.17) is 4.74 Å². The number of carbonyl (C=O) groups excluding carboxylic acids is 2. The van der Waals surface area contributed by atoms with Crippen LogP contribution in [-0.4, -0.2) is 71.3 Å². The highest BCUT2D eigenvalue weighted by Crippen LogP contribution is 2.33. The summed E-state index contributed by atoms with van der Waals surface area (Å²) in [7, 11) is 1.80. The summed E-state index contributed by atoms with van der Waals surface area (Å²) >= 11 is 0. The third kappa shape index (κ3) is 3.10. The van der Waals surface area contributed by atoms with Crippen molar-refractivity contribution in [1.82, 2.24) is 19.6 Å². The highest BCUT2D eigenvalue weighted by molar-refractivity contribution is 5.92. The summed E-state index contributed by atoms with van der Waals surface area (Å²) in [6, 6.07) is 2.00. The average Bonchev–Trinajstić information content (AvgIpc) is 3.11. The largest absolute Gasteiger partial charge is 0.371 e. The summed E-state index contributed by atoms with van der Waals surface area (Å²) in [6.07, 6.45) is 2.69. The van der Waals surface area contributed by atoms with Crippen molar-refractivity contribution in [3.8, 4) is 0 Å². The lowest BCUT2D eigenvalue weighted by Crippen LogP contribution is -2.41. The zero-order valence-corrected chi connectivity index (χ0v) is 14.0. The Bertz CT molecular complexity index is 612. The predicted molar refractivity (Wildman–Crippen MR) is 84.0 cm³/mol. The molecule has 0 aromatic carbocycles. The molecule has 1 aromatic rings. The number of hydrogen-bond donors (Lipinski definition) is 0. The smallest absolute Gasteiger partial charge is 0.274 e. The van der Waals surface area contributed by atoms with E-state index in [1.54, 1.807) is 22.7 Å². The van der Waals surface area contributed by atoms with Crippen LogP contribution in [0.5, 0.6) is 0 Å². The molecular weight excluding hydrogens is 296 g/mol. The molecule has 3 heterocycles. The fourth-order valence-electron chi connectivity index (χ4n) is 3.36. The van der Waals surface area contributed by atoms with E-state index in [-0.39, 0.29) is 29.9 Å². The Morgan fingerprint density at radius 2 is 2.17 bits per heavy atom. The molecule has 7 nitrogen and oxygen atoms in total. The molecule has 2 aliphatic heterocycles. The Balaban J connectivity index is 1.71. The fourth-order valence-corrected chi connectivity index (χ4v) is 3.36. The first-order valence-electron chi connectivity index (χ1n) is 8.06. The second-order valence-electron chi connectivity index (χ2n) is 6.99. The van der Waals surface area contributed by atoms with Gasteiger partial charge in [0, 0.05) is 44.3 Å². The minimum Gasteiger partial charge on any atom is -0.371 e. The highest BCUT2D eigenvalue weighted by atomic mass is 16.5. The lowest BCUT2D eigenvalue weighted by molar-refractivity contribution is -0.132. The zero-order chi connectivity index (χ0) is 16.6. The van der Waals surface area contributed by atoms with Crippen LogP contribution in [0.25, 0.3) is 0 Å². The van der Waals surface area contributed by atoms with Crippen LogP contribution in [0.2, 0.25) is 0 Å². The van der Waals surface area contributed by atoms with Crippen molar-refractivity contribution in [1.29, 1.82) is 0 Å². The van der Waals surface area contributed by atoms with Gasteiger partial charge in [0.25, 0.3) is 5.91 Å². The number of nitrogens with zero attached hydrogens (tertiary/aromatic N) is 4. The summed E-state index contributed by atoms with van der Waals surface area (Å²) in [6.45, 7) is 6.63. The average molecular weight is 320 g/mol. The quantitative estimate of drug-likeness (QED) is 0.808. The molecular formula is C16H24N4O3. The van der Waals surface area contributed by atoms with E-state index in [2.05, 4.69) is 5.10 Å². The second kappa shape index (κ2) is 5.96. The fraction of sp³-hybridized carbons (Fsp3) is 0.688. The van der Waals surface area contributed by atoms with Crippen molar-refractivity contribution in [3.63, 3.8) is 0 Å². The van der Waals surface area contributed by atoms with Gasteiger partial charge in [-0.1, -0.05) is 0 Å². The number of likely N-dealkylation sites (N-methyl/N-ethyl adjacent to an activating group) is 1. The molecule has 0 N–H and O–H groups in total. The minimum absolute atomic E-state index is 0.00216. The van der Waals surface area contributed by atoms with E-state index in [1.807, 2.05) is 24.9 Å². The molecule has 1 aromatic heterocycles. The number of ether oxygens (including phenoxy) is 1. The van der Waals surface area contributed by atoms with Crippen molar-refractivity contribution in [2.75, 3.05) is 39.9 Å². The molecule has 1 unspecified atom stereocenters. The summed E-state index contributed by atoms with van der Waals surface area (Å²) < 4.78 is 7.33. The van der Waals surface area contributed by atoms with Gasteiger partial charge in [-0.3, -0.25) is 14.3 Å². The highest BCUT2D eigenvalue weighted by Gasteiger charge is 2.43. The maximum atomic E-state index is 12.7. The second-order valence-corrected chi connectivity index (χ2v) is 6.99. The van der Waals surface area contributed by atoms with Gasteiger partial charge in [0.05, 0.1) is 6.61 Å². The van der Waals surface area contributed by atoms with E-state index in [9.17, 15) is 9.59 Å². The van der Waals surface area contributed by atoms with Crippen LogP contribution in [0.4, 0.5) is 0 Å². The van der Waals surface area contributed by atoms with E-state index < -0.39 is 0 Å². The molecule has 2 amide bonds. The SMILES string of the molecule is CC(C)n1ccc(C(=O)N2CCC3(COCC(=O)N(C)C3)C2)n1. The minimum atomic E-state index is -0.156. The first-order valence-corrected chi connectivity index (χ1v) is 8.06. The molecule has 0 aliphatic carbocycles. The number of carbonyl (C=O) groups is 2. The summed E-state index contributed by atoms with van der Waals surface area (Å²) in [4.78, 5) is 28.0. The molecule has 126 valence electrons.